The fourth-order valence-electron chi connectivity index (χ4n) is 5.21. The van der Waals surface area contributed by atoms with E-state index in [1.54, 1.807) is 6.20 Å². The van der Waals surface area contributed by atoms with Gasteiger partial charge in [-0.25, -0.2) is 13.8 Å². The number of nitrogens with one attached hydrogen (secondary N) is 2. The van der Waals surface area contributed by atoms with Crippen molar-refractivity contribution < 1.29 is 8.78 Å². The second kappa shape index (κ2) is 11.9. The van der Waals surface area contributed by atoms with E-state index in [2.05, 4.69) is 38.9 Å². The van der Waals surface area contributed by atoms with Crippen molar-refractivity contribution in [2.45, 2.75) is 52.4 Å². The lowest BCUT2D eigenvalue weighted by atomic mass is 10.0. The highest BCUT2D eigenvalue weighted by Gasteiger charge is 2.16. The predicted molar refractivity (Wildman–Crippen MR) is 156 cm³/mol. The van der Waals surface area contributed by atoms with Gasteiger partial charge in [-0.15, -0.1) is 0 Å². The van der Waals surface area contributed by atoms with Crippen LogP contribution >= 0.6 is 0 Å². The van der Waals surface area contributed by atoms with Gasteiger partial charge >= 0.3 is 0 Å². The van der Waals surface area contributed by atoms with Crippen LogP contribution in [0.1, 0.15) is 51.5 Å². The van der Waals surface area contributed by atoms with Gasteiger partial charge in [0, 0.05) is 33.8 Å². The Morgan fingerprint density at radius 2 is 1.56 bits per heavy atom. The van der Waals surface area contributed by atoms with Crippen molar-refractivity contribution in [2.75, 3.05) is 25.4 Å². The molecule has 0 bridgehead atoms. The zero-order chi connectivity index (χ0) is 27.4. The molecule has 3 heterocycles. The van der Waals surface area contributed by atoms with Crippen LogP contribution in [0.3, 0.4) is 0 Å². The van der Waals surface area contributed by atoms with Gasteiger partial charge in [0.15, 0.2) is 5.82 Å². The van der Waals surface area contributed by atoms with Gasteiger partial charge in [-0.2, -0.15) is 5.10 Å². The van der Waals surface area contributed by atoms with Crippen LogP contribution in [0, 0.1) is 11.6 Å². The van der Waals surface area contributed by atoms with Gasteiger partial charge in [-0.3, -0.25) is 5.10 Å². The van der Waals surface area contributed by atoms with Gasteiger partial charge in [0.2, 0.25) is 0 Å². The Kier molecular flexibility index (Phi) is 8.21. The summed E-state index contributed by atoms with van der Waals surface area (Å²) in [5.74, 6) is -0.578. The third-order valence-corrected chi connectivity index (χ3v) is 7.44. The molecule has 8 heteroatoms. The third kappa shape index (κ3) is 5.81. The van der Waals surface area contributed by atoms with E-state index >= 15 is 8.78 Å². The minimum atomic E-state index is -0.508. The minimum Gasteiger partial charge on any atom is -0.382 e. The molecule has 0 fully saturated rings. The summed E-state index contributed by atoms with van der Waals surface area (Å²) in [5, 5.41) is 8.68. The Bertz CT molecular complexity index is 1540. The van der Waals surface area contributed by atoms with Gasteiger partial charge < -0.3 is 15.6 Å². The number of aromatic amines is 2. The molecule has 4 N–H and O–H groups in total. The maximum atomic E-state index is 15.2. The van der Waals surface area contributed by atoms with E-state index in [0.29, 0.717) is 29.1 Å². The van der Waals surface area contributed by atoms with Crippen molar-refractivity contribution in [3.05, 3.63) is 65.9 Å². The van der Waals surface area contributed by atoms with Crippen LogP contribution in [0.4, 0.5) is 14.6 Å². The fraction of sp³-hybridized carbons (Fsp3) is 0.355. The molecule has 0 aliphatic rings. The molecule has 0 saturated heterocycles. The first-order chi connectivity index (χ1) is 19.0. The lowest BCUT2D eigenvalue weighted by Gasteiger charge is -2.22. The van der Waals surface area contributed by atoms with E-state index in [4.69, 9.17) is 5.73 Å². The van der Waals surface area contributed by atoms with E-state index in [0.717, 1.165) is 79.2 Å². The van der Waals surface area contributed by atoms with E-state index in [1.807, 2.05) is 30.3 Å². The molecule has 0 spiro atoms. The van der Waals surface area contributed by atoms with Crippen LogP contribution in [0.15, 0.2) is 48.7 Å². The Hall–Kier alpha value is -3.78. The highest BCUT2D eigenvalue weighted by Crippen LogP contribution is 2.34. The number of aromatic nitrogens is 4. The summed E-state index contributed by atoms with van der Waals surface area (Å²) >= 11 is 0. The topological polar surface area (TPSA) is 86.6 Å². The summed E-state index contributed by atoms with van der Waals surface area (Å²) in [4.78, 5) is 10.1. The Morgan fingerprint density at radius 1 is 0.846 bits per heavy atom. The molecular weight excluding hydrogens is 494 g/mol. The van der Waals surface area contributed by atoms with Crippen LogP contribution in [0.2, 0.25) is 0 Å². The minimum absolute atomic E-state index is 0.158. The molecule has 0 radical (unpaired) electrons. The summed E-state index contributed by atoms with van der Waals surface area (Å²) in [6, 6.07) is 12.6. The second-order valence-electron chi connectivity index (χ2n) is 10.2. The van der Waals surface area contributed by atoms with E-state index < -0.39 is 11.6 Å². The SMILES string of the molecule is CCCCN(CCCC)CCCc1c(F)cc(-c2cc3c(-c4ccc5[nH]nc(N)c5c4)ccnc3[nH]2)cc1F. The number of pyridine rings is 1. The summed E-state index contributed by atoms with van der Waals surface area (Å²) < 4.78 is 30.4. The van der Waals surface area contributed by atoms with Crippen molar-refractivity contribution >= 4 is 27.8 Å². The number of rotatable bonds is 12. The highest BCUT2D eigenvalue weighted by atomic mass is 19.1. The van der Waals surface area contributed by atoms with Gasteiger partial charge in [0.1, 0.15) is 17.3 Å². The number of fused-ring (bicyclic) bond motifs is 2. The van der Waals surface area contributed by atoms with E-state index in [9.17, 15) is 0 Å². The smallest absolute Gasteiger partial charge is 0.153 e. The maximum absolute atomic E-state index is 15.2. The maximum Gasteiger partial charge on any atom is 0.153 e. The molecule has 204 valence electrons. The summed E-state index contributed by atoms with van der Waals surface area (Å²) in [6.45, 7) is 7.31. The Balaban J connectivity index is 1.37. The molecule has 5 rings (SSSR count). The monoisotopic (exact) mass is 530 g/mol. The van der Waals surface area contributed by atoms with Crippen LogP contribution in [-0.4, -0.2) is 44.7 Å². The number of H-pyrrole nitrogens is 2. The van der Waals surface area contributed by atoms with Crippen LogP contribution in [0.5, 0.6) is 0 Å². The van der Waals surface area contributed by atoms with Crippen LogP contribution in [0.25, 0.3) is 44.3 Å². The summed E-state index contributed by atoms with van der Waals surface area (Å²) in [7, 11) is 0. The zero-order valence-electron chi connectivity index (χ0n) is 22.7. The molecule has 0 unspecified atom stereocenters. The zero-order valence-corrected chi connectivity index (χ0v) is 22.7. The number of unbranched alkanes of at least 4 members (excludes halogenated alkanes) is 2. The fourth-order valence-corrected chi connectivity index (χ4v) is 5.21. The normalized spacial score (nSPS) is 11.8. The number of nitrogens with two attached hydrogens (primary N) is 1. The predicted octanol–water partition coefficient (Wildman–Crippen LogP) is 7.47. The molecule has 0 atom stereocenters. The van der Waals surface area contributed by atoms with Crippen molar-refractivity contribution in [2.24, 2.45) is 0 Å². The molecule has 0 aliphatic carbocycles. The van der Waals surface area contributed by atoms with Gasteiger partial charge in [0.05, 0.1) is 5.52 Å². The Labute approximate surface area is 227 Å². The molecule has 5 aromatic rings. The number of benzene rings is 2. The Morgan fingerprint density at radius 3 is 2.28 bits per heavy atom. The molecule has 0 aliphatic heterocycles. The molecule has 0 amide bonds. The van der Waals surface area contributed by atoms with E-state index in [-0.39, 0.29) is 5.56 Å². The number of nitrogens with zero attached hydrogens (tertiary/aromatic N) is 3. The quantitative estimate of drug-likeness (QED) is 0.156. The molecule has 3 aromatic heterocycles. The van der Waals surface area contributed by atoms with E-state index in [1.165, 1.54) is 12.1 Å². The number of hydrogen-bond donors (Lipinski definition) is 3. The molecule has 39 heavy (non-hydrogen) atoms. The average Bonchev–Trinajstić information content (AvgIpc) is 3.54. The van der Waals surface area contributed by atoms with Crippen molar-refractivity contribution in [3.63, 3.8) is 0 Å². The number of nitrogen functional groups attached to an aromatic ring is 1. The van der Waals surface area contributed by atoms with Gasteiger partial charge in [-0.1, -0.05) is 32.8 Å². The molecule has 2 aromatic carbocycles. The lowest BCUT2D eigenvalue weighted by Crippen LogP contribution is -2.27. The number of halogens is 2. The average molecular weight is 531 g/mol. The first-order valence-electron chi connectivity index (χ1n) is 13.9. The summed E-state index contributed by atoms with van der Waals surface area (Å²) in [5.41, 5.74) is 10.6. The van der Waals surface area contributed by atoms with Crippen molar-refractivity contribution in [3.8, 4) is 22.4 Å². The number of anilines is 1. The lowest BCUT2D eigenvalue weighted by molar-refractivity contribution is 0.261. The van der Waals surface area contributed by atoms with Gasteiger partial charge in [-0.05, 0) is 92.8 Å². The summed E-state index contributed by atoms with van der Waals surface area (Å²) in [6.07, 6.45) is 7.41. The largest absolute Gasteiger partial charge is 0.382 e. The van der Waals surface area contributed by atoms with Crippen LogP contribution in [-0.2, 0) is 6.42 Å². The van der Waals surface area contributed by atoms with Crippen molar-refractivity contribution in [1.82, 2.24) is 25.1 Å². The van der Waals surface area contributed by atoms with Crippen molar-refractivity contribution in [1.29, 1.82) is 0 Å². The second-order valence-corrected chi connectivity index (χ2v) is 10.2. The molecular formula is C31H36F2N6. The standard InChI is InChI=1S/C31H36F2N6/c1-3-5-13-39(14-6-4-2)15-7-8-23-26(32)17-21(18-27(23)33)29-19-24-22(11-12-35-31(24)36-29)20-9-10-28-25(16-20)30(34)38-37-28/h9-12,16-19H,3-8,13-15H2,1-2H3,(H,35,36)(H3,34,37,38). The third-order valence-electron chi connectivity index (χ3n) is 7.44. The first kappa shape index (κ1) is 26.8. The molecule has 0 saturated carbocycles. The van der Waals surface area contributed by atoms with Gasteiger partial charge in [0.25, 0.3) is 0 Å². The molecule has 6 nitrogen and oxygen atoms in total. The highest BCUT2D eigenvalue weighted by molar-refractivity contribution is 5.99. The van der Waals surface area contributed by atoms with Crippen LogP contribution < -0.4 is 5.73 Å². The number of hydrogen-bond acceptors (Lipinski definition) is 4. The first-order valence-corrected chi connectivity index (χ1v) is 13.9.